The minimum atomic E-state index is -0.420. The zero-order chi connectivity index (χ0) is 21.4. The molecule has 0 N–H and O–H groups in total. The van der Waals surface area contributed by atoms with E-state index in [1.165, 1.54) is 40.9 Å². The number of halogens is 2. The van der Waals surface area contributed by atoms with Crippen LogP contribution in [-0.4, -0.2) is 11.8 Å². The number of aryl methyl sites for hydroxylation is 2. The van der Waals surface area contributed by atoms with Gasteiger partial charge in [-0.3, -0.25) is 9.59 Å². The highest BCUT2D eigenvalue weighted by molar-refractivity contribution is 8.04. The second-order valence-electron chi connectivity index (χ2n) is 7.00. The summed E-state index contributed by atoms with van der Waals surface area (Å²) in [6, 6.07) is 18.3. The number of benzene rings is 3. The van der Waals surface area contributed by atoms with Gasteiger partial charge in [-0.25, -0.2) is 9.29 Å². The molecule has 0 saturated carbocycles. The Kier molecular flexibility index (Phi) is 5.50. The predicted octanol–water partition coefficient (Wildman–Crippen LogP) is 6.17. The van der Waals surface area contributed by atoms with E-state index in [9.17, 15) is 14.0 Å². The molecule has 0 spiro atoms. The molecule has 3 aromatic carbocycles. The lowest BCUT2D eigenvalue weighted by Crippen LogP contribution is -2.32. The van der Waals surface area contributed by atoms with Crippen LogP contribution >= 0.6 is 23.4 Å². The van der Waals surface area contributed by atoms with Gasteiger partial charge in [-0.2, -0.15) is 0 Å². The summed E-state index contributed by atoms with van der Waals surface area (Å²) in [5.41, 5.74) is 3.08. The topological polar surface area (TPSA) is 37.4 Å². The van der Waals surface area contributed by atoms with Crippen molar-refractivity contribution in [2.45, 2.75) is 18.7 Å². The molecule has 1 aliphatic rings. The van der Waals surface area contributed by atoms with Gasteiger partial charge in [0.15, 0.2) is 0 Å². The zero-order valence-electron chi connectivity index (χ0n) is 16.3. The summed E-state index contributed by atoms with van der Waals surface area (Å²) >= 11 is 7.17. The lowest BCUT2D eigenvalue weighted by molar-refractivity contribution is -0.119. The number of thioether (sulfide) groups is 1. The number of imide groups is 1. The summed E-state index contributed by atoms with van der Waals surface area (Å²) in [5, 5.41) is 0.581. The molecule has 4 rings (SSSR count). The first-order valence-electron chi connectivity index (χ1n) is 9.25. The van der Waals surface area contributed by atoms with Crippen molar-refractivity contribution in [3.05, 3.63) is 99.2 Å². The highest BCUT2D eigenvalue weighted by Gasteiger charge is 2.41. The highest BCUT2D eigenvalue weighted by atomic mass is 35.5. The van der Waals surface area contributed by atoms with Crippen LogP contribution < -0.4 is 4.90 Å². The van der Waals surface area contributed by atoms with Gasteiger partial charge in [0, 0.05) is 9.92 Å². The Hall–Kier alpha value is -2.89. The number of nitrogens with zero attached hydrogens (tertiary/aromatic N) is 1. The molecule has 0 aromatic heterocycles. The third kappa shape index (κ3) is 3.78. The van der Waals surface area contributed by atoms with Gasteiger partial charge in [0.2, 0.25) is 0 Å². The van der Waals surface area contributed by atoms with E-state index in [0.29, 0.717) is 21.2 Å². The van der Waals surface area contributed by atoms with Crippen LogP contribution in [0.1, 0.15) is 16.7 Å². The van der Waals surface area contributed by atoms with E-state index in [1.807, 2.05) is 32.0 Å². The third-order valence-electron chi connectivity index (χ3n) is 4.81. The van der Waals surface area contributed by atoms with Crippen LogP contribution in [0.5, 0.6) is 0 Å². The molecule has 150 valence electrons. The molecule has 0 saturated heterocycles. The fraction of sp³-hybridized carbons (Fsp3) is 0.0833. The monoisotopic (exact) mass is 437 g/mol. The number of rotatable bonds is 4. The average molecular weight is 438 g/mol. The van der Waals surface area contributed by atoms with E-state index in [-0.39, 0.29) is 5.57 Å². The van der Waals surface area contributed by atoms with Crippen LogP contribution in [0.3, 0.4) is 0 Å². The Balaban J connectivity index is 1.84. The summed E-state index contributed by atoms with van der Waals surface area (Å²) < 4.78 is 13.5. The largest absolute Gasteiger partial charge is 0.272 e. The maximum atomic E-state index is 13.5. The van der Waals surface area contributed by atoms with Crippen LogP contribution in [-0.2, 0) is 9.59 Å². The summed E-state index contributed by atoms with van der Waals surface area (Å²) in [6.45, 7) is 3.77. The maximum Gasteiger partial charge on any atom is 0.272 e. The summed E-state index contributed by atoms with van der Waals surface area (Å²) in [6.07, 6.45) is 0. The minimum Gasteiger partial charge on any atom is -0.268 e. The van der Waals surface area contributed by atoms with Crippen LogP contribution in [0, 0.1) is 19.7 Å². The average Bonchev–Trinajstić information content (AvgIpc) is 2.96. The Morgan fingerprint density at radius 3 is 2.20 bits per heavy atom. The molecule has 30 heavy (non-hydrogen) atoms. The maximum absolute atomic E-state index is 13.5. The number of carbonyl (C=O) groups is 2. The molecule has 0 atom stereocenters. The molecule has 6 heteroatoms. The Morgan fingerprint density at radius 1 is 0.867 bits per heavy atom. The molecule has 3 aromatic rings. The standard InChI is InChI=1S/C24H17ClFNO2S/c1-14-3-4-15(2)20(13-14)27-23(28)21(16-5-9-18(26)10-6-16)22(24(27)29)30-19-11-7-17(25)8-12-19/h3-13H,1-2H3. The molecule has 0 aliphatic carbocycles. The van der Waals surface area contributed by atoms with Crippen LogP contribution in [0.25, 0.3) is 5.57 Å². The summed E-state index contributed by atoms with van der Waals surface area (Å²) in [7, 11) is 0. The SMILES string of the molecule is Cc1ccc(C)c(N2C(=O)C(Sc3ccc(Cl)cc3)=C(c3ccc(F)cc3)C2=O)c1. The normalized spacial score (nSPS) is 14.1. The lowest BCUT2D eigenvalue weighted by Gasteiger charge is -2.18. The van der Waals surface area contributed by atoms with Gasteiger partial charge in [-0.15, -0.1) is 0 Å². The van der Waals surface area contributed by atoms with E-state index in [1.54, 1.807) is 24.3 Å². The predicted molar refractivity (Wildman–Crippen MR) is 119 cm³/mol. The van der Waals surface area contributed by atoms with Crippen molar-refractivity contribution in [1.29, 1.82) is 0 Å². The minimum absolute atomic E-state index is 0.265. The van der Waals surface area contributed by atoms with Crippen LogP contribution in [0.15, 0.2) is 76.5 Å². The number of hydrogen-bond acceptors (Lipinski definition) is 3. The van der Waals surface area contributed by atoms with Crippen molar-refractivity contribution >= 4 is 46.4 Å². The van der Waals surface area contributed by atoms with Gasteiger partial charge in [-0.05, 0) is 73.0 Å². The second-order valence-corrected chi connectivity index (χ2v) is 8.52. The number of hydrogen-bond donors (Lipinski definition) is 0. The third-order valence-corrected chi connectivity index (χ3v) is 6.16. The van der Waals surface area contributed by atoms with E-state index in [4.69, 9.17) is 11.6 Å². The number of amides is 2. The summed E-state index contributed by atoms with van der Waals surface area (Å²) in [4.78, 5) is 29.2. The van der Waals surface area contributed by atoms with Gasteiger partial charge < -0.3 is 0 Å². The van der Waals surface area contributed by atoms with E-state index >= 15 is 0 Å². The Labute approximate surface area is 183 Å². The van der Waals surface area contributed by atoms with Crippen molar-refractivity contribution < 1.29 is 14.0 Å². The number of anilines is 1. The highest BCUT2D eigenvalue weighted by Crippen LogP contribution is 2.42. The van der Waals surface area contributed by atoms with E-state index < -0.39 is 17.6 Å². The first-order chi connectivity index (χ1) is 14.3. The molecule has 2 amide bonds. The van der Waals surface area contributed by atoms with Crippen molar-refractivity contribution in [3.8, 4) is 0 Å². The quantitative estimate of drug-likeness (QED) is 0.458. The molecule has 0 radical (unpaired) electrons. The van der Waals surface area contributed by atoms with Gasteiger partial charge >= 0.3 is 0 Å². The van der Waals surface area contributed by atoms with Crippen molar-refractivity contribution in [1.82, 2.24) is 0 Å². The fourth-order valence-electron chi connectivity index (χ4n) is 3.28. The van der Waals surface area contributed by atoms with Gasteiger partial charge in [0.05, 0.1) is 16.2 Å². The van der Waals surface area contributed by atoms with Crippen LogP contribution in [0.4, 0.5) is 10.1 Å². The molecular formula is C24H17ClFNO2S. The molecule has 0 unspecified atom stereocenters. The van der Waals surface area contributed by atoms with Gasteiger partial charge in [0.1, 0.15) is 5.82 Å². The fourth-order valence-corrected chi connectivity index (χ4v) is 4.39. The van der Waals surface area contributed by atoms with Gasteiger partial charge in [0.25, 0.3) is 11.8 Å². The Morgan fingerprint density at radius 2 is 1.53 bits per heavy atom. The number of carbonyl (C=O) groups excluding carboxylic acids is 2. The van der Waals surface area contributed by atoms with E-state index in [0.717, 1.165) is 16.0 Å². The van der Waals surface area contributed by atoms with Crippen molar-refractivity contribution in [3.63, 3.8) is 0 Å². The first kappa shape index (κ1) is 20.4. The second kappa shape index (κ2) is 8.09. The molecular weight excluding hydrogens is 421 g/mol. The smallest absolute Gasteiger partial charge is 0.268 e. The molecule has 1 aliphatic heterocycles. The first-order valence-corrected chi connectivity index (χ1v) is 10.4. The zero-order valence-corrected chi connectivity index (χ0v) is 17.9. The Bertz CT molecular complexity index is 1190. The van der Waals surface area contributed by atoms with Crippen LogP contribution in [0.2, 0.25) is 5.02 Å². The lowest BCUT2D eigenvalue weighted by atomic mass is 10.1. The van der Waals surface area contributed by atoms with Gasteiger partial charge in [-0.1, -0.05) is 47.6 Å². The molecule has 0 bridgehead atoms. The molecule has 0 fully saturated rings. The van der Waals surface area contributed by atoms with E-state index in [2.05, 4.69) is 0 Å². The van der Waals surface area contributed by atoms with Crippen molar-refractivity contribution in [2.75, 3.05) is 4.90 Å². The molecule has 1 heterocycles. The van der Waals surface area contributed by atoms with Crippen molar-refractivity contribution in [2.24, 2.45) is 0 Å². The summed E-state index contributed by atoms with van der Waals surface area (Å²) in [5.74, 6) is -1.22. The molecule has 3 nitrogen and oxygen atoms in total.